The summed E-state index contributed by atoms with van der Waals surface area (Å²) < 4.78 is 1.09. The fourth-order valence-corrected chi connectivity index (χ4v) is 2.06. The molecule has 0 aliphatic carbocycles. The van der Waals surface area contributed by atoms with Gasteiger partial charge in [0.05, 0.1) is 6.54 Å². The lowest BCUT2D eigenvalue weighted by atomic mass is 10.1. The van der Waals surface area contributed by atoms with Gasteiger partial charge in [0.15, 0.2) is 0 Å². The second kappa shape index (κ2) is 5.46. The largest absolute Gasteiger partial charge is 0.340 e. The number of nitrogens with zero attached hydrogens (tertiary/aromatic N) is 1. The van der Waals surface area contributed by atoms with Crippen molar-refractivity contribution in [3.05, 3.63) is 34.3 Å². The number of amides is 1. The van der Waals surface area contributed by atoms with Crippen LogP contribution in [0.1, 0.15) is 5.56 Å². The zero-order valence-corrected chi connectivity index (χ0v) is 10.7. The van der Waals surface area contributed by atoms with Crippen molar-refractivity contribution in [2.45, 2.75) is 6.42 Å². The van der Waals surface area contributed by atoms with Gasteiger partial charge in [-0.2, -0.15) is 0 Å². The Balaban J connectivity index is 1.86. The summed E-state index contributed by atoms with van der Waals surface area (Å²) >= 11 is 3.41. The van der Waals surface area contributed by atoms with Gasteiger partial charge in [-0.1, -0.05) is 28.1 Å². The molecule has 2 rings (SSSR count). The number of halogens is 1. The lowest BCUT2D eigenvalue weighted by Crippen LogP contribution is -2.48. The maximum Gasteiger partial charge on any atom is 0.236 e. The lowest BCUT2D eigenvalue weighted by Gasteiger charge is -2.27. The van der Waals surface area contributed by atoms with E-state index in [0.717, 1.165) is 30.5 Å². The van der Waals surface area contributed by atoms with E-state index >= 15 is 0 Å². The summed E-state index contributed by atoms with van der Waals surface area (Å²) in [5.41, 5.74) is 1.27. The highest BCUT2D eigenvalue weighted by Gasteiger charge is 2.16. The average molecular weight is 283 g/mol. The molecule has 1 aliphatic heterocycles. The summed E-state index contributed by atoms with van der Waals surface area (Å²) in [5.74, 6) is 0.211. The molecule has 1 N–H and O–H groups in total. The normalized spacial score (nSPS) is 16.6. The van der Waals surface area contributed by atoms with Gasteiger partial charge >= 0.3 is 0 Å². The molecule has 86 valence electrons. The third-order valence-corrected chi connectivity index (χ3v) is 3.30. The minimum Gasteiger partial charge on any atom is -0.340 e. The van der Waals surface area contributed by atoms with E-state index in [9.17, 15) is 4.79 Å². The van der Waals surface area contributed by atoms with E-state index < -0.39 is 0 Å². The minimum atomic E-state index is 0.211. The molecule has 0 unspecified atom stereocenters. The van der Waals surface area contributed by atoms with Crippen LogP contribution in [0.25, 0.3) is 0 Å². The van der Waals surface area contributed by atoms with Crippen LogP contribution in [0.3, 0.4) is 0 Å². The molecule has 0 bridgehead atoms. The monoisotopic (exact) mass is 282 g/mol. The van der Waals surface area contributed by atoms with E-state index in [1.807, 2.05) is 17.0 Å². The van der Waals surface area contributed by atoms with Gasteiger partial charge in [-0.05, 0) is 24.1 Å². The third-order valence-electron chi connectivity index (χ3n) is 2.77. The van der Waals surface area contributed by atoms with Crippen LogP contribution in [0.15, 0.2) is 28.7 Å². The number of rotatable bonds is 3. The standard InChI is InChI=1S/C12H15BrN2O/c13-11-3-1-10(2-4-11)5-7-15-8-6-14-9-12(15)16/h1-4,14H,5-9H2. The number of carbonyl (C=O) groups excluding carboxylic acids is 1. The van der Waals surface area contributed by atoms with E-state index in [-0.39, 0.29) is 5.91 Å². The fraction of sp³-hybridized carbons (Fsp3) is 0.417. The van der Waals surface area contributed by atoms with E-state index in [1.165, 1.54) is 5.56 Å². The predicted octanol–water partition coefficient (Wildman–Crippen LogP) is 1.42. The second-order valence-electron chi connectivity index (χ2n) is 3.93. The van der Waals surface area contributed by atoms with Gasteiger partial charge in [0.1, 0.15) is 0 Å². The molecule has 1 heterocycles. The quantitative estimate of drug-likeness (QED) is 0.910. The Morgan fingerprint density at radius 1 is 1.31 bits per heavy atom. The summed E-state index contributed by atoms with van der Waals surface area (Å²) in [6, 6.07) is 8.26. The van der Waals surface area contributed by atoms with Crippen molar-refractivity contribution in [2.75, 3.05) is 26.2 Å². The lowest BCUT2D eigenvalue weighted by molar-refractivity contribution is -0.131. The highest BCUT2D eigenvalue weighted by molar-refractivity contribution is 9.10. The Hall–Kier alpha value is -0.870. The van der Waals surface area contributed by atoms with Crippen LogP contribution in [0, 0.1) is 0 Å². The number of nitrogens with one attached hydrogen (secondary N) is 1. The van der Waals surface area contributed by atoms with Crippen molar-refractivity contribution < 1.29 is 4.79 Å². The second-order valence-corrected chi connectivity index (χ2v) is 4.85. The van der Waals surface area contributed by atoms with Crippen LogP contribution in [0.4, 0.5) is 0 Å². The summed E-state index contributed by atoms with van der Waals surface area (Å²) in [6.07, 6.45) is 0.930. The van der Waals surface area contributed by atoms with Gasteiger partial charge in [0, 0.05) is 24.1 Å². The van der Waals surface area contributed by atoms with Gasteiger partial charge in [-0.3, -0.25) is 4.79 Å². The molecule has 0 saturated carbocycles. The molecule has 16 heavy (non-hydrogen) atoms. The van der Waals surface area contributed by atoms with Gasteiger partial charge in [0.25, 0.3) is 0 Å². The maximum absolute atomic E-state index is 11.5. The molecular formula is C12H15BrN2O. The Kier molecular flexibility index (Phi) is 3.96. The molecular weight excluding hydrogens is 268 g/mol. The Labute approximate surface area is 104 Å². The highest BCUT2D eigenvalue weighted by Crippen LogP contribution is 2.11. The summed E-state index contributed by atoms with van der Waals surface area (Å²) in [6.45, 7) is 3.05. The van der Waals surface area contributed by atoms with Crippen molar-refractivity contribution in [1.29, 1.82) is 0 Å². The van der Waals surface area contributed by atoms with Crippen LogP contribution in [0.5, 0.6) is 0 Å². The van der Waals surface area contributed by atoms with Crippen LogP contribution < -0.4 is 5.32 Å². The summed E-state index contributed by atoms with van der Waals surface area (Å²) in [4.78, 5) is 13.5. The van der Waals surface area contributed by atoms with Crippen molar-refractivity contribution in [3.63, 3.8) is 0 Å². The molecule has 1 fully saturated rings. The first-order valence-electron chi connectivity index (χ1n) is 5.48. The number of benzene rings is 1. The molecule has 3 nitrogen and oxygen atoms in total. The molecule has 1 amide bonds. The number of hydrogen-bond donors (Lipinski definition) is 1. The van der Waals surface area contributed by atoms with Crippen LogP contribution >= 0.6 is 15.9 Å². The van der Waals surface area contributed by atoms with Gasteiger partial charge in [-0.25, -0.2) is 0 Å². The van der Waals surface area contributed by atoms with Crippen molar-refractivity contribution in [3.8, 4) is 0 Å². The smallest absolute Gasteiger partial charge is 0.236 e. The number of hydrogen-bond acceptors (Lipinski definition) is 2. The average Bonchev–Trinajstić information content (AvgIpc) is 2.30. The van der Waals surface area contributed by atoms with E-state index in [1.54, 1.807) is 0 Å². The molecule has 1 aromatic carbocycles. The topological polar surface area (TPSA) is 32.3 Å². The van der Waals surface area contributed by atoms with Crippen LogP contribution in [0.2, 0.25) is 0 Å². The zero-order chi connectivity index (χ0) is 11.4. The molecule has 1 saturated heterocycles. The van der Waals surface area contributed by atoms with Gasteiger partial charge in [0.2, 0.25) is 5.91 Å². The molecule has 0 atom stereocenters. The first-order valence-corrected chi connectivity index (χ1v) is 6.28. The summed E-state index contributed by atoms with van der Waals surface area (Å²) in [5, 5.41) is 3.07. The number of piperazine rings is 1. The first-order chi connectivity index (χ1) is 7.75. The Morgan fingerprint density at radius 2 is 2.06 bits per heavy atom. The van der Waals surface area contributed by atoms with Crippen molar-refractivity contribution in [2.24, 2.45) is 0 Å². The summed E-state index contributed by atoms with van der Waals surface area (Å²) in [7, 11) is 0. The van der Waals surface area contributed by atoms with Crippen LogP contribution in [-0.2, 0) is 11.2 Å². The van der Waals surface area contributed by atoms with E-state index in [2.05, 4.69) is 33.4 Å². The van der Waals surface area contributed by atoms with E-state index in [4.69, 9.17) is 0 Å². The SMILES string of the molecule is O=C1CNCCN1CCc1ccc(Br)cc1. The molecule has 4 heteroatoms. The van der Waals surface area contributed by atoms with E-state index in [0.29, 0.717) is 6.54 Å². The zero-order valence-electron chi connectivity index (χ0n) is 9.08. The molecule has 1 aromatic rings. The molecule has 0 spiro atoms. The number of carbonyl (C=O) groups is 1. The highest BCUT2D eigenvalue weighted by atomic mass is 79.9. The molecule has 0 aromatic heterocycles. The molecule has 1 aliphatic rings. The Morgan fingerprint density at radius 3 is 2.75 bits per heavy atom. The van der Waals surface area contributed by atoms with Gasteiger partial charge in [-0.15, -0.1) is 0 Å². The van der Waals surface area contributed by atoms with Crippen molar-refractivity contribution in [1.82, 2.24) is 10.2 Å². The predicted molar refractivity (Wildman–Crippen MR) is 67.3 cm³/mol. The van der Waals surface area contributed by atoms with Crippen molar-refractivity contribution >= 4 is 21.8 Å². The minimum absolute atomic E-state index is 0.211. The van der Waals surface area contributed by atoms with Crippen LogP contribution in [-0.4, -0.2) is 37.0 Å². The Bertz CT molecular complexity index is 364. The van der Waals surface area contributed by atoms with Gasteiger partial charge < -0.3 is 10.2 Å². The fourth-order valence-electron chi connectivity index (χ4n) is 1.80. The maximum atomic E-state index is 11.5. The first kappa shape index (κ1) is 11.6. The molecule has 0 radical (unpaired) electrons. The third kappa shape index (κ3) is 3.06.